The van der Waals surface area contributed by atoms with Gasteiger partial charge in [0.2, 0.25) is 0 Å². The van der Waals surface area contributed by atoms with Crippen LogP contribution < -0.4 is 0 Å². The Morgan fingerprint density at radius 1 is 0.957 bits per heavy atom. The van der Waals surface area contributed by atoms with E-state index in [1.165, 1.54) is 0 Å². The van der Waals surface area contributed by atoms with Crippen molar-refractivity contribution in [1.29, 1.82) is 0 Å². The molecule has 0 aromatic heterocycles. The third-order valence-corrected chi connectivity index (χ3v) is 13.6. The van der Waals surface area contributed by atoms with Crippen molar-refractivity contribution in [2.24, 2.45) is 46.3 Å². The van der Waals surface area contributed by atoms with Crippen molar-refractivity contribution < 1.29 is 62.1 Å². The molecule has 5 aliphatic rings. The number of aliphatic hydroxyl groups is 5. The summed E-state index contributed by atoms with van der Waals surface area (Å²) >= 11 is 0. The number of rotatable bonds is 10. The molecule has 0 bridgehead atoms. The summed E-state index contributed by atoms with van der Waals surface area (Å²) in [6.45, 7) is 10.4. The lowest BCUT2D eigenvalue weighted by Crippen LogP contribution is -2.62. The zero-order valence-corrected chi connectivity index (χ0v) is 29.0. The van der Waals surface area contributed by atoms with Crippen LogP contribution >= 0.6 is 0 Å². The topological polar surface area (TPSA) is 221 Å². The smallest absolute Gasteiger partial charge is 0.397 e. The molecule has 1 aliphatic heterocycles. The molecule has 0 aromatic carbocycles. The number of aliphatic carboxylic acids is 1. The van der Waals surface area contributed by atoms with E-state index in [4.69, 9.17) is 13.7 Å². The van der Waals surface area contributed by atoms with Crippen molar-refractivity contribution in [3.8, 4) is 0 Å². The molecule has 1 saturated heterocycles. The van der Waals surface area contributed by atoms with Gasteiger partial charge >= 0.3 is 16.4 Å². The summed E-state index contributed by atoms with van der Waals surface area (Å²) in [4.78, 5) is 11.6. The lowest BCUT2D eigenvalue weighted by molar-refractivity contribution is -0.311. The number of fused-ring (bicyclic) bond motifs is 5. The Hall–Kier alpha value is -0.940. The van der Waals surface area contributed by atoms with E-state index < -0.39 is 82.3 Å². The fourth-order valence-electron chi connectivity index (χ4n) is 11.1. The largest absolute Gasteiger partial charge is 0.479 e. The molecule has 13 nitrogen and oxygen atoms in total. The van der Waals surface area contributed by atoms with Gasteiger partial charge in [0, 0.05) is 5.92 Å². The molecule has 4 saturated carbocycles. The molecule has 0 radical (unpaired) electrons. The molecule has 0 aromatic rings. The monoisotopic (exact) mass is 692 g/mol. The van der Waals surface area contributed by atoms with Gasteiger partial charge in [-0.2, -0.15) is 8.42 Å². The molecule has 14 heteroatoms. The first-order valence-corrected chi connectivity index (χ1v) is 18.7. The molecule has 0 unspecified atom stereocenters. The van der Waals surface area contributed by atoms with Gasteiger partial charge in [0.1, 0.15) is 18.3 Å². The fraction of sp³-hybridized carbons (Fsp3) is 0.970. The summed E-state index contributed by atoms with van der Waals surface area (Å²) in [6, 6.07) is 0. The van der Waals surface area contributed by atoms with E-state index in [2.05, 4.69) is 27.7 Å². The molecule has 0 amide bonds. The Kier molecular flexibility index (Phi) is 10.6. The quantitative estimate of drug-likeness (QED) is 0.129. The maximum Gasteiger partial charge on any atom is 0.397 e. The summed E-state index contributed by atoms with van der Waals surface area (Å²) in [5, 5.41) is 63.6. The fourth-order valence-corrected chi connectivity index (χ4v) is 11.7. The molecule has 0 spiro atoms. The minimum atomic E-state index is -4.84. The Bertz CT molecular complexity index is 1240. The second-order valence-corrected chi connectivity index (χ2v) is 17.6. The Labute approximate surface area is 277 Å². The van der Waals surface area contributed by atoms with Gasteiger partial charge in [-0.1, -0.05) is 40.5 Å². The van der Waals surface area contributed by atoms with E-state index in [0.29, 0.717) is 38.0 Å². The van der Waals surface area contributed by atoms with Crippen LogP contribution in [-0.2, 0) is 28.9 Å². The van der Waals surface area contributed by atoms with Gasteiger partial charge in [-0.15, -0.1) is 0 Å². The minimum absolute atomic E-state index is 0.00345. The van der Waals surface area contributed by atoms with Gasteiger partial charge in [-0.25, -0.2) is 8.98 Å². The van der Waals surface area contributed by atoms with Crippen molar-refractivity contribution in [2.75, 3.05) is 0 Å². The summed E-state index contributed by atoms with van der Waals surface area (Å²) < 4.78 is 51.0. The number of carbonyl (C=O) groups is 1. The summed E-state index contributed by atoms with van der Waals surface area (Å²) in [6.07, 6.45) is -4.82. The Morgan fingerprint density at radius 3 is 2.23 bits per heavy atom. The maximum absolute atomic E-state index is 12.2. The van der Waals surface area contributed by atoms with Crippen LogP contribution in [0, 0.1) is 46.3 Å². The van der Waals surface area contributed by atoms with Gasteiger partial charge in [0.25, 0.3) is 0 Å². The molecular formula is C33H56O13S. The summed E-state index contributed by atoms with van der Waals surface area (Å²) in [5.74, 6) is -1.62. The number of carboxylic acid groups (broad SMARTS) is 1. The van der Waals surface area contributed by atoms with Gasteiger partial charge < -0.3 is 40.1 Å². The lowest BCUT2D eigenvalue weighted by atomic mass is 9.43. The standard InChI is InChI=1S/C33H56O13S/c1-16(2)7-6-10-33(5,40)28-22(34)15-20-18-14-23(46-47(41,42)43)21-13-17(8-11-31(21,3)19(18)9-12-32(20,28)4)44-30-26(37)24(35)25(36)27(45-30)29(38)39/h16-28,30,34-37,40H,6-15H2,1-5H3,(H,38,39)(H,41,42,43)/t17-,18+,19-,20-,21+,22-,23-,24-,25-,26+,27-,28-,30+,31+,32-,33-/m0/s1. The average Bonchev–Trinajstić information content (AvgIpc) is 3.23. The third-order valence-electron chi connectivity index (χ3n) is 13.2. The second-order valence-electron chi connectivity index (χ2n) is 16.5. The molecule has 5 rings (SSSR count). The van der Waals surface area contributed by atoms with Crippen LogP contribution in [0.25, 0.3) is 0 Å². The van der Waals surface area contributed by atoms with Crippen molar-refractivity contribution in [1.82, 2.24) is 0 Å². The molecule has 5 fully saturated rings. The van der Waals surface area contributed by atoms with Crippen molar-refractivity contribution >= 4 is 16.4 Å². The van der Waals surface area contributed by atoms with E-state index in [1.807, 2.05) is 6.92 Å². The summed E-state index contributed by atoms with van der Waals surface area (Å²) in [7, 11) is -4.84. The molecule has 1 heterocycles. The van der Waals surface area contributed by atoms with Crippen LogP contribution in [-0.4, -0.2) is 104 Å². The predicted octanol–water partition coefficient (Wildman–Crippen LogP) is 2.27. The third kappa shape index (κ3) is 7.02. The van der Waals surface area contributed by atoms with E-state index in [9.17, 15) is 48.4 Å². The van der Waals surface area contributed by atoms with Crippen LogP contribution in [0.5, 0.6) is 0 Å². The second kappa shape index (κ2) is 13.3. The van der Waals surface area contributed by atoms with Crippen LogP contribution in [0.4, 0.5) is 0 Å². The summed E-state index contributed by atoms with van der Waals surface area (Å²) in [5.41, 5.74) is -1.89. The molecule has 272 valence electrons. The number of hydrogen-bond acceptors (Lipinski definition) is 11. The Morgan fingerprint density at radius 2 is 1.62 bits per heavy atom. The first kappa shape index (κ1) is 37.3. The highest BCUT2D eigenvalue weighted by Gasteiger charge is 2.67. The molecule has 4 aliphatic carbocycles. The first-order chi connectivity index (χ1) is 21.7. The van der Waals surface area contributed by atoms with E-state index in [0.717, 1.165) is 25.7 Å². The zero-order valence-electron chi connectivity index (χ0n) is 28.1. The highest BCUT2D eigenvalue weighted by Crippen LogP contribution is 2.69. The van der Waals surface area contributed by atoms with Gasteiger partial charge in [0.15, 0.2) is 12.4 Å². The lowest BCUT2D eigenvalue weighted by Gasteiger charge is -2.63. The van der Waals surface area contributed by atoms with Crippen molar-refractivity contribution in [3.63, 3.8) is 0 Å². The molecular weight excluding hydrogens is 636 g/mol. The van der Waals surface area contributed by atoms with E-state index >= 15 is 0 Å². The number of carboxylic acids is 1. The van der Waals surface area contributed by atoms with Crippen LogP contribution in [0.2, 0.25) is 0 Å². The van der Waals surface area contributed by atoms with Gasteiger partial charge in [0.05, 0.1) is 23.9 Å². The predicted molar refractivity (Wildman–Crippen MR) is 167 cm³/mol. The SMILES string of the molecule is CC(C)CCC[C@](C)(O)[C@H]1[C@@H](O)C[C@H]2[C@@H]3C[C@H](OS(=O)(=O)O)[C@H]4C[C@@H](O[C@@H]5O[C@H](C(=O)O)[C@@H](O)[C@H](O)[C@H]5O)CC[C@]4(C)[C@H]3CC[C@@]21C. The van der Waals surface area contributed by atoms with Crippen molar-refractivity contribution in [3.05, 3.63) is 0 Å². The van der Waals surface area contributed by atoms with E-state index in [-0.39, 0.29) is 35.5 Å². The zero-order chi connectivity index (χ0) is 34.9. The molecule has 16 atom stereocenters. The average molecular weight is 693 g/mol. The highest BCUT2D eigenvalue weighted by molar-refractivity contribution is 7.80. The molecule has 7 N–H and O–H groups in total. The van der Waals surface area contributed by atoms with Crippen LogP contribution in [0.1, 0.15) is 98.8 Å². The Balaban J connectivity index is 1.38. The first-order valence-electron chi connectivity index (χ1n) is 17.3. The normalized spacial score (nSPS) is 48.3. The van der Waals surface area contributed by atoms with Crippen LogP contribution in [0.3, 0.4) is 0 Å². The highest BCUT2D eigenvalue weighted by atomic mass is 32.3. The van der Waals surface area contributed by atoms with E-state index in [1.54, 1.807) is 0 Å². The van der Waals surface area contributed by atoms with Gasteiger partial charge in [-0.3, -0.25) is 4.55 Å². The van der Waals surface area contributed by atoms with Crippen LogP contribution in [0.15, 0.2) is 0 Å². The number of aliphatic hydroxyl groups excluding tert-OH is 4. The molecule has 47 heavy (non-hydrogen) atoms. The maximum atomic E-state index is 12.2. The van der Waals surface area contributed by atoms with Crippen molar-refractivity contribution in [2.45, 2.75) is 153 Å². The van der Waals surface area contributed by atoms with Gasteiger partial charge in [-0.05, 0) is 98.7 Å². The number of hydrogen-bond donors (Lipinski definition) is 7. The number of ether oxygens (including phenoxy) is 2. The minimum Gasteiger partial charge on any atom is -0.479 e.